The molecule has 0 radical (unpaired) electrons. The van der Waals surface area contributed by atoms with Crippen molar-refractivity contribution in [1.82, 2.24) is 0 Å². The van der Waals surface area contributed by atoms with E-state index in [0.29, 0.717) is 0 Å². The van der Waals surface area contributed by atoms with Crippen LogP contribution in [0.15, 0.2) is 29.6 Å². The Kier molecular flexibility index (Phi) is 2.42. The average Bonchev–Trinajstić information content (AvgIpc) is 3.06. The first-order valence-corrected chi connectivity index (χ1v) is 7.77. The predicted octanol–water partition coefficient (Wildman–Crippen LogP) is 4.38. The van der Waals surface area contributed by atoms with Gasteiger partial charge in [0.05, 0.1) is 9.40 Å². The van der Waals surface area contributed by atoms with Crippen molar-refractivity contribution >= 4 is 59.6 Å². The lowest BCUT2D eigenvalue weighted by Gasteiger charge is -2.05. The molecule has 6 heteroatoms. The fourth-order valence-electron chi connectivity index (χ4n) is 2.58. The molecule has 0 saturated carbocycles. The molecule has 4 rings (SSSR count). The number of thiophene rings is 2. The molecule has 0 saturated heterocycles. The Balaban J connectivity index is 2.33. The summed E-state index contributed by atoms with van der Waals surface area (Å²) in [5, 5.41) is 33.9. The number of hydrogen-bond donors (Lipinski definition) is 3. The summed E-state index contributed by atoms with van der Waals surface area (Å²) in [5.41, 5.74) is 0. The largest absolute Gasteiger partial charge is 0.504 e. The lowest BCUT2D eigenvalue weighted by atomic mass is 10.0. The van der Waals surface area contributed by atoms with Crippen LogP contribution in [-0.2, 0) is 0 Å². The predicted molar refractivity (Wildman–Crippen MR) is 85.0 cm³/mol. The van der Waals surface area contributed by atoms with Gasteiger partial charge >= 0.3 is 5.97 Å². The van der Waals surface area contributed by atoms with Crippen LogP contribution in [-0.4, -0.2) is 21.3 Å². The molecular formula is C15H8O4S2. The maximum absolute atomic E-state index is 11.2. The number of carbonyl (C=O) groups is 1. The van der Waals surface area contributed by atoms with Gasteiger partial charge in [-0.05, 0) is 40.4 Å². The molecule has 0 bridgehead atoms. The Morgan fingerprint density at radius 2 is 1.57 bits per heavy atom. The van der Waals surface area contributed by atoms with Crippen LogP contribution in [0.25, 0.3) is 30.9 Å². The van der Waals surface area contributed by atoms with Crippen molar-refractivity contribution in [2.24, 2.45) is 0 Å². The second-order valence-corrected chi connectivity index (χ2v) is 6.68. The average molecular weight is 316 g/mol. The summed E-state index contributed by atoms with van der Waals surface area (Å²) in [5.74, 6) is -1.35. The standard InChI is InChI=1S/C15H8O4S2/c16-10-3-7-6-1-2-20-13(6)14-9(8(7)4-11(10)17)5-12(21-14)15(18)19/h1-5,16-17H,(H,18,19). The topological polar surface area (TPSA) is 77.8 Å². The number of phenols is 2. The van der Waals surface area contributed by atoms with Gasteiger partial charge in [-0.1, -0.05) is 0 Å². The molecule has 2 aromatic carbocycles. The monoisotopic (exact) mass is 316 g/mol. The number of rotatable bonds is 1. The molecule has 0 atom stereocenters. The van der Waals surface area contributed by atoms with Gasteiger partial charge in [-0.3, -0.25) is 0 Å². The van der Waals surface area contributed by atoms with E-state index >= 15 is 0 Å². The number of phenolic OH excluding ortho intramolecular Hbond substituents is 2. The first kappa shape index (κ1) is 12.4. The normalized spacial score (nSPS) is 11.6. The maximum Gasteiger partial charge on any atom is 0.345 e. The highest BCUT2D eigenvalue weighted by Gasteiger charge is 2.17. The van der Waals surface area contributed by atoms with Crippen LogP contribution in [0.5, 0.6) is 11.5 Å². The molecule has 0 aliphatic heterocycles. The molecule has 104 valence electrons. The molecule has 3 N–H and O–H groups in total. The maximum atomic E-state index is 11.2. The molecule has 2 heterocycles. The quantitative estimate of drug-likeness (QED) is 0.455. The van der Waals surface area contributed by atoms with E-state index in [-0.39, 0.29) is 16.4 Å². The highest BCUT2D eigenvalue weighted by molar-refractivity contribution is 7.27. The molecular weight excluding hydrogens is 308 g/mol. The third kappa shape index (κ3) is 1.63. The van der Waals surface area contributed by atoms with Crippen molar-refractivity contribution in [3.63, 3.8) is 0 Å². The fraction of sp³-hybridized carbons (Fsp3) is 0. The Hall–Kier alpha value is -2.31. The van der Waals surface area contributed by atoms with Crippen LogP contribution in [0, 0.1) is 0 Å². The summed E-state index contributed by atoms with van der Waals surface area (Å²) in [6.07, 6.45) is 0. The second-order valence-electron chi connectivity index (χ2n) is 4.71. The zero-order chi connectivity index (χ0) is 14.7. The van der Waals surface area contributed by atoms with Gasteiger partial charge in [0.2, 0.25) is 0 Å². The van der Waals surface area contributed by atoms with Crippen molar-refractivity contribution < 1.29 is 20.1 Å². The molecule has 0 aliphatic rings. The van der Waals surface area contributed by atoms with Crippen LogP contribution in [0.3, 0.4) is 0 Å². The van der Waals surface area contributed by atoms with Crippen molar-refractivity contribution in [2.45, 2.75) is 0 Å². The highest BCUT2D eigenvalue weighted by Crippen LogP contribution is 2.44. The summed E-state index contributed by atoms with van der Waals surface area (Å²) >= 11 is 2.77. The number of carboxylic acid groups (broad SMARTS) is 1. The van der Waals surface area contributed by atoms with Crippen molar-refractivity contribution in [3.05, 3.63) is 34.5 Å². The smallest absolute Gasteiger partial charge is 0.345 e. The van der Waals surface area contributed by atoms with Gasteiger partial charge in [-0.2, -0.15) is 0 Å². The molecule has 21 heavy (non-hydrogen) atoms. The van der Waals surface area contributed by atoms with E-state index in [0.717, 1.165) is 30.9 Å². The van der Waals surface area contributed by atoms with E-state index in [9.17, 15) is 20.1 Å². The van der Waals surface area contributed by atoms with Crippen LogP contribution in [0.4, 0.5) is 0 Å². The van der Waals surface area contributed by atoms with Crippen molar-refractivity contribution in [1.29, 1.82) is 0 Å². The second kappa shape index (κ2) is 4.09. The van der Waals surface area contributed by atoms with E-state index in [1.165, 1.54) is 23.5 Å². The molecule has 0 spiro atoms. The number of hydrogen-bond acceptors (Lipinski definition) is 5. The molecule has 0 fully saturated rings. The highest BCUT2D eigenvalue weighted by atomic mass is 32.1. The minimum Gasteiger partial charge on any atom is -0.504 e. The summed E-state index contributed by atoms with van der Waals surface area (Å²) in [7, 11) is 0. The van der Waals surface area contributed by atoms with Crippen LogP contribution < -0.4 is 0 Å². The zero-order valence-electron chi connectivity index (χ0n) is 10.5. The van der Waals surface area contributed by atoms with E-state index < -0.39 is 5.97 Å². The first-order chi connectivity index (χ1) is 10.1. The third-order valence-electron chi connectivity index (χ3n) is 3.51. The van der Waals surface area contributed by atoms with E-state index in [1.54, 1.807) is 17.4 Å². The summed E-state index contributed by atoms with van der Waals surface area (Å²) in [4.78, 5) is 11.5. The summed E-state index contributed by atoms with van der Waals surface area (Å²) < 4.78 is 1.90. The molecule has 0 aliphatic carbocycles. The third-order valence-corrected chi connectivity index (χ3v) is 5.71. The van der Waals surface area contributed by atoms with Crippen molar-refractivity contribution in [2.75, 3.05) is 0 Å². The van der Waals surface area contributed by atoms with Gasteiger partial charge in [0.25, 0.3) is 0 Å². The summed E-state index contributed by atoms with van der Waals surface area (Å²) in [6.45, 7) is 0. The minimum atomic E-state index is -0.961. The molecule has 0 unspecified atom stereocenters. The van der Waals surface area contributed by atoms with Gasteiger partial charge in [0.15, 0.2) is 11.5 Å². The number of benzene rings is 2. The Bertz CT molecular complexity index is 1040. The summed E-state index contributed by atoms with van der Waals surface area (Å²) in [6, 6.07) is 6.58. The Morgan fingerprint density at radius 1 is 0.905 bits per heavy atom. The van der Waals surface area contributed by atoms with Gasteiger partial charge in [-0.15, -0.1) is 22.7 Å². The molecule has 4 aromatic rings. The van der Waals surface area contributed by atoms with Crippen LogP contribution in [0.1, 0.15) is 9.67 Å². The lowest BCUT2D eigenvalue weighted by molar-refractivity contribution is 0.0702. The van der Waals surface area contributed by atoms with E-state index in [4.69, 9.17) is 0 Å². The fourth-order valence-corrected chi connectivity index (χ4v) is 4.68. The minimum absolute atomic E-state index is 0.178. The number of fused-ring (bicyclic) bond motifs is 6. The van der Waals surface area contributed by atoms with E-state index in [1.807, 2.05) is 11.4 Å². The Morgan fingerprint density at radius 3 is 2.24 bits per heavy atom. The zero-order valence-corrected chi connectivity index (χ0v) is 12.1. The number of aromatic hydroxyl groups is 2. The number of aromatic carboxylic acids is 1. The SMILES string of the molecule is O=C(O)c1cc2c3cc(O)c(O)cc3c3ccsc3c2s1. The Labute approximate surface area is 126 Å². The van der Waals surface area contributed by atoms with Crippen LogP contribution >= 0.6 is 22.7 Å². The van der Waals surface area contributed by atoms with Gasteiger partial charge in [0, 0.05) is 10.8 Å². The van der Waals surface area contributed by atoms with Gasteiger partial charge in [-0.25, -0.2) is 4.79 Å². The lowest BCUT2D eigenvalue weighted by Crippen LogP contribution is -1.89. The molecule has 4 nitrogen and oxygen atoms in total. The van der Waals surface area contributed by atoms with Gasteiger partial charge < -0.3 is 15.3 Å². The first-order valence-electron chi connectivity index (χ1n) is 6.08. The molecule has 2 aromatic heterocycles. The van der Waals surface area contributed by atoms with Crippen LogP contribution in [0.2, 0.25) is 0 Å². The van der Waals surface area contributed by atoms with Crippen molar-refractivity contribution in [3.8, 4) is 11.5 Å². The van der Waals surface area contributed by atoms with Gasteiger partial charge in [0.1, 0.15) is 4.88 Å². The number of carboxylic acids is 1. The molecule has 0 amide bonds. The van der Waals surface area contributed by atoms with E-state index in [2.05, 4.69) is 0 Å².